The molecule has 14 heavy (non-hydrogen) atoms. The van der Waals surface area contributed by atoms with E-state index < -0.39 is 0 Å². The van der Waals surface area contributed by atoms with Crippen molar-refractivity contribution in [2.24, 2.45) is 5.73 Å². The van der Waals surface area contributed by atoms with Crippen LogP contribution in [0.3, 0.4) is 0 Å². The Bertz CT molecular complexity index is 357. The normalized spacial score (nSPS) is 16.8. The SMILES string of the molecule is Cc1cc(/C=C/CN)c(C)n1C1CC1. The minimum absolute atomic E-state index is 0.618. The van der Waals surface area contributed by atoms with Gasteiger partial charge >= 0.3 is 0 Å². The van der Waals surface area contributed by atoms with Gasteiger partial charge in [-0.15, -0.1) is 0 Å². The minimum atomic E-state index is 0.618. The Kier molecular flexibility index (Phi) is 2.46. The predicted molar refractivity (Wildman–Crippen MR) is 60.3 cm³/mol. The molecule has 0 amide bonds. The first kappa shape index (κ1) is 9.53. The lowest BCUT2D eigenvalue weighted by Crippen LogP contribution is -1.98. The summed E-state index contributed by atoms with van der Waals surface area (Å²) in [7, 11) is 0. The molecule has 1 saturated carbocycles. The molecule has 1 aromatic rings. The van der Waals surface area contributed by atoms with E-state index in [1.165, 1.54) is 29.8 Å². The van der Waals surface area contributed by atoms with Crippen LogP contribution in [0.2, 0.25) is 0 Å². The summed E-state index contributed by atoms with van der Waals surface area (Å²) in [5, 5.41) is 0. The van der Waals surface area contributed by atoms with Gasteiger partial charge in [-0.1, -0.05) is 12.2 Å². The molecule has 2 N–H and O–H groups in total. The van der Waals surface area contributed by atoms with Crippen molar-refractivity contribution in [3.8, 4) is 0 Å². The molecule has 0 unspecified atom stereocenters. The van der Waals surface area contributed by atoms with E-state index in [1.54, 1.807) is 0 Å². The summed E-state index contributed by atoms with van der Waals surface area (Å²) in [5.74, 6) is 0. The Labute approximate surface area is 85.4 Å². The van der Waals surface area contributed by atoms with Crippen LogP contribution >= 0.6 is 0 Å². The molecule has 1 aliphatic rings. The Morgan fingerprint density at radius 3 is 2.79 bits per heavy atom. The lowest BCUT2D eigenvalue weighted by atomic mass is 10.2. The molecule has 1 fully saturated rings. The summed E-state index contributed by atoms with van der Waals surface area (Å²) < 4.78 is 2.45. The molecule has 1 aromatic heterocycles. The Morgan fingerprint density at radius 2 is 2.21 bits per heavy atom. The van der Waals surface area contributed by atoms with Gasteiger partial charge in [0.2, 0.25) is 0 Å². The van der Waals surface area contributed by atoms with E-state index in [2.05, 4.69) is 30.6 Å². The first-order chi connectivity index (χ1) is 6.74. The van der Waals surface area contributed by atoms with Crippen LogP contribution in [0.5, 0.6) is 0 Å². The van der Waals surface area contributed by atoms with Crippen LogP contribution in [0, 0.1) is 13.8 Å². The van der Waals surface area contributed by atoms with E-state index in [4.69, 9.17) is 5.73 Å². The van der Waals surface area contributed by atoms with Gasteiger partial charge in [-0.25, -0.2) is 0 Å². The summed E-state index contributed by atoms with van der Waals surface area (Å²) in [6.07, 6.45) is 6.83. The molecule has 0 radical (unpaired) electrons. The van der Waals surface area contributed by atoms with E-state index in [-0.39, 0.29) is 0 Å². The van der Waals surface area contributed by atoms with E-state index in [1.807, 2.05) is 6.08 Å². The maximum Gasteiger partial charge on any atom is 0.0337 e. The van der Waals surface area contributed by atoms with Gasteiger partial charge in [0, 0.05) is 24.0 Å². The summed E-state index contributed by atoms with van der Waals surface area (Å²) in [4.78, 5) is 0. The summed E-state index contributed by atoms with van der Waals surface area (Å²) in [6.45, 7) is 5.00. The molecule has 1 heterocycles. The fourth-order valence-corrected chi connectivity index (χ4v) is 2.06. The zero-order chi connectivity index (χ0) is 10.1. The molecule has 0 atom stereocenters. The van der Waals surface area contributed by atoms with Crippen molar-refractivity contribution in [1.82, 2.24) is 4.57 Å². The number of nitrogens with zero attached hydrogens (tertiary/aromatic N) is 1. The van der Waals surface area contributed by atoms with Crippen molar-refractivity contribution >= 4 is 6.08 Å². The molecule has 0 aliphatic heterocycles. The third-order valence-corrected chi connectivity index (χ3v) is 2.87. The maximum atomic E-state index is 5.45. The van der Waals surface area contributed by atoms with Crippen LogP contribution < -0.4 is 5.73 Å². The fraction of sp³-hybridized carbons (Fsp3) is 0.500. The third-order valence-electron chi connectivity index (χ3n) is 2.87. The van der Waals surface area contributed by atoms with Gasteiger partial charge in [-0.05, 0) is 38.3 Å². The molecule has 1 aliphatic carbocycles. The van der Waals surface area contributed by atoms with Crippen molar-refractivity contribution < 1.29 is 0 Å². The second-order valence-corrected chi connectivity index (χ2v) is 4.07. The lowest BCUT2D eigenvalue weighted by Gasteiger charge is -2.06. The largest absolute Gasteiger partial charge is 0.346 e. The van der Waals surface area contributed by atoms with E-state index in [0.29, 0.717) is 6.54 Å². The van der Waals surface area contributed by atoms with E-state index >= 15 is 0 Å². The van der Waals surface area contributed by atoms with Crippen LogP contribution in [-0.2, 0) is 0 Å². The average Bonchev–Trinajstić information content (AvgIpc) is 2.92. The van der Waals surface area contributed by atoms with Crippen molar-refractivity contribution in [2.75, 3.05) is 6.54 Å². The smallest absolute Gasteiger partial charge is 0.0337 e. The predicted octanol–water partition coefficient (Wildman–Crippen LogP) is 2.41. The molecular weight excluding hydrogens is 172 g/mol. The van der Waals surface area contributed by atoms with Crippen LogP contribution in [0.25, 0.3) is 6.08 Å². The number of nitrogens with two attached hydrogens (primary N) is 1. The van der Waals surface area contributed by atoms with E-state index in [0.717, 1.165) is 6.04 Å². The second-order valence-electron chi connectivity index (χ2n) is 4.07. The summed E-state index contributed by atoms with van der Waals surface area (Å²) in [6, 6.07) is 3.02. The van der Waals surface area contributed by atoms with Crippen molar-refractivity contribution in [3.63, 3.8) is 0 Å². The maximum absolute atomic E-state index is 5.45. The molecule has 2 nitrogen and oxygen atoms in total. The highest BCUT2D eigenvalue weighted by atomic mass is 15.1. The molecule has 0 aromatic carbocycles. The van der Waals surface area contributed by atoms with Gasteiger partial charge in [0.05, 0.1) is 0 Å². The summed E-state index contributed by atoms with van der Waals surface area (Å²) >= 11 is 0. The molecule has 0 saturated heterocycles. The second kappa shape index (κ2) is 3.62. The average molecular weight is 190 g/mol. The van der Waals surface area contributed by atoms with Crippen LogP contribution in [0.15, 0.2) is 12.1 Å². The molecule has 2 rings (SSSR count). The first-order valence-electron chi connectivity index (χ1n) is 5.29. The highest BCUT2D eigenvalue weighted by Gasteiger charge is 2.26. The fourth-order valence-electron chi connectivity index (χ4n) is 2.06. The van der Waals surface area contributed by atoms with Gasteiger partial charge in [-0.2, -0.15) is 0 Å². The zero-order valence-electron chi connectivity index (χ0n) is 8.96. The number of aromatic nitrogens is 1. The van der Waals surface area contributed by atoms with Crippen molar-refractivity contribution in [3.05, 3.63) is 29.1 Å². The van der Waals surface area contributed by atoms with Gasteiger partial charge in [0.15, 0.2) is 0 Å². The zero-order valence-corrected chi connectivity index (χ0v) is 8.96. The topological polar surface area (TPSA) is 30.9 Å². The van der Waals surface area contributed by atoms with E-state index in [9.17, 15) is 0 Å². The quantitative estimate of drug-likeness (QED) is 0.779. The summed E-state index contributed by atoms with van der Waals surface area (Å²) in [5.41, 5.74) is 9.53. The molecule has 0 bridgehead atoms. The minimum Gasteiger partial charge on any atom is -0.346 e. The lowest BCUT2D eigenvalue weighted by molar-refractivity contribution is 0.699. The van der Waals surface area contributed by atoms with Crippen molar-refractivity contribution in [2.45, 2.75) is 32.7 Å². The van der Waals surface area contributed by atoms with Gasteiger partial charge in [0.25, 0.3) is 0 Å². The standard InChI is InChI=1S/C12H18N2/c1-9-8-11(4-3-7-13)10(2)14(9)12-5-6-12/h3-4,8,12H,5-7,13H2,1-2H3/b4-3+. The van der Waals surface area contributed by atoms with Gasteiger partial charge in [-0.3, -0.25) is 0 Å². The number of aryl methyl sites for hydroxylation is 1. The first-order valence-corrected chi connectivity index (χ1v) is 5.29. The molecular formula is C12H18N2. The Morgan fingerprint density at radius 1 is 1.50 bits per heavy atom. The highest BCUT2D eigenvalue weighted by Crippen LogP contribution is 2.38. The molecule has 76 valence electrons. The van der Waals surface area contributed by atoms with Crippen LogP contribution in [0.1, 0.15) is 35.8 Å². The Hall–Kier alpha value is -1.02. The third kappa shape index (κ3) is 1.62. The number of rotatable bonds is 3. The van der Waals surface area contributed by atoms with Gasteiger partial charge < -0.3 is 10.3 Å². The Balaban J connectivity index is 2.33. The van der Waals surface area contributed by atoms with Gasteiger partial charge in [0.1, 0.15) is 0 Å². The number of hydrogen-bond donors (Lipinski definition) is 1. The highest BCUT2D eigenvalue weighted by molar-refractivity contribution is 5.54. The van der Waals surface area contributed by atoms with Crippen LogP contribution in [-0.4, -0.2) is 11.1 Å². The van der Waals surface area contributed by atoms with Crippen LogP contribution in [0.4, 0.5) is 0 Å². The molecule has 2 heteroatoms. The van der Waals surface area contributed by atoms with Crippen molar-refractivity contribution in [1.29, 1.82) is 0 Å². The number of hydrogen-bond acceptors (Lipinski definition) is 1. The monoisotopic (exact) mass is 190 g/mol. The molecule has 0 spiro atoms.